The molecule has 0 amide bonds. The average Bonchev–Trinajstić information content (AvgIpc) is 2.38. The van der Waals surface area contributed by atoms with Gasteiger partial charge in [0, 0.05) is 10.5 Å². The number of nitrogens with zero attached hydrogens (tertiary/aromatic N) is 1. The van der Waals surface area contributed by atoms with Gasteiger partial charge in [0.1, 0.15) is 5.75 Å². The number of nitro groups is 1. The Morgan fingerprint density at radius 3 is 2.42 bits per heavy atom. The summed E-state index contributed by atoms with van der Waals surface area (Å²) in [7, 11) is 0. The van der Waals surface area contributed by atoms with Gasteiger partial charge in [-0.1, -0.05) is 42.5 Å². The van der Waals surface area contributed by atoms with Crippen molar-refractivity contribution in [3.8, 4) is 5.75 Å². The summed E-state index contributed by atoms with van der Waals surface area (Å²) in [6.45, 7) is 1.62. The normalized spacial score (nSPS) is 12.1. The summed E-state index contributed by atoms with van der Waals surface area (Å²) in [5.41, 5.74) is 2.32. The minimum absolute atomic E-state index is 0.107. The second-order valence-corrected chi connectivity index (χ2v) is 4.49. The van der Waals surface area contributed by atoms with E-state index in [-0.39, 0.29) is 17.2 Å². The van der Waals surface area contributed by atoms with Crippen LogP contribution in [0.1, 0.15) is 22.6 Å². The lowest BCUT2D eigenvalue weighted by molar-refractivity contribution is -0.481. The van der Waals surface area contributed by atoms with Crippen molar-refractivity contribution in [1.82, 2.24) is 0 Å². The molecule has 0 spiro atoms. The van der Waals surface area contributed by atoms with E-state index in [9.17, 15) is 15.2 Å². The van der Waals surface area contributed by atoms with Crippen molar-refractivity contribution in [2.24, 2.45) is 0 Å². The first-order valence-corrected chi connectivity index (χ1v) is 6.05. The Bertz CT molecular complexity index is 561. The van der Waals surface area contributed by atoms with Gasteiger partial charge in [0.05, 0.1) is 5.92 Å². The fraction of sp³-hybridized carbons (Fsp3) is 0.200. The lowest BCUT2D eigenvalue weighted by Crippen LogP contribution is -2.15. The zero-order chi connectivity index (χ0) is 13.8. The maximum Gasteiger partial charge on any atom is 0.214 e. The third-order valence-corrected chi connectivity index (χ3v) is 3.18. The Hall–Kier alpha value is -2.36. The molecule has 0 saturated heterocycles. The molecule has 2 aromatic carbocycles. The summed E-state index contributed by atoms with van der Waals surface area (Å²) >= 11 is 0. The molecule has 0 aromatic heterocycles. The molecule has 0 aliphatic rings. The lowest BCUT2D eigenvalue weighted by atomic mass is 9.88. The molecule has 1 atom stereocenters. The second kappa shape index (κ2) is 5.52. The van der Waals surface area contributed by atoms with Gasteiger partial charge in [0.25, 0.3) is 0 Å². The molecule has 0 aliphatic heterocycles. The third kappa shape index (κ3) is 2.91. The van der Waals surface area contributed by atoms with Gasteiger partial charge in [-0.2, -0.15) is 0 Å². The largest absolute Gasteiger partial charge is 0.508 e. The summed E-state index contributed by atoms with van der Waals surface area (Å²) in [5.74, 6) is -0.326. The molecule has 0 heterocycles. The van der Waals surface area contributed by atoms with Gasteiger partial charge >= 0.3 is 0 Å². The third-order valence-electron chi connectivity index (χ3n) is 3.18. The van der Waals surface area contributed by atoms with Crippen LogP contribution in [-0.4, -0.2) is 16.6 Å². The van der Waals surface area contributed by atoms with Gasteiger partial charge in [0.2, 0.25) is 6.54 Å². The molecule has 0 radical (unpaired) electrons. The summed E-state index contributed by atoms with van der Waals surface area (Å²) < 4.78 is 0. The number of hydrogen-bond donors (Lipinski definition) is 1. The summed E-state index contributed by atoms with van der Waals surface area (Å²) in [6, 6.07) is 14.4. The van der Waals surface area contributed by atoms with Crippen LogP contribution in [0.15, 0.2) is 48.5 Å². The van der Waals surface area contributed by atoms with Crippen LogP contribution >= 0.6 is 0 Å². The van der Waals surface area contributed by atoms with Gasteiger partial charge in [-0.15, -0.1) is 0 Å². The Labute approximate surface area is 111 Å². The first kappa shape index (κ1) is 13.1. The summed E-state index contributed by atoms with van der Waals surface area (Å²) in [4.78, 5) is 10.6. The maximum absolute atomic E-state index is 10.9. The molecule has 0 saturated carbocycles. The molecule has 98 valence electrons. The first-order chi connectivity index (χ1) is 9.09. The number of rotatable bonds is 4. The highest BCUT2D eigenvalue weighted by molar-refractivity contribution is 5.46. The fourth-order valence-electron chi connectivity index (χ4n) is 2.32. The molecule has 4 nitrogen and oxygen atoms in total. The van der Waals surface area contributed by atoms with Crippen molar-refractivity contribution in [1.29, 1.82) is 0 Å². The van der Waals surface area contributed by atoms with Gasteiger partial charge in [-0.25, -0.2) is 0 Å². The highest BCUT2D eigenvalue weighted by Crippen LogP contribution is 2.33. The summed E-state index contributed by atoms with van der Waals surface area (Å²) in [6.07, 6.45) is 0. The summed E-state index contributed by atoms with van der Waals surface area (Å²) in [5, 5.41) is 20.9. The molecule has 19 heavy (non-hydrogen) atoms. The van der Waals surface area contributed by atoms with E-state index in [1.54, 1.807) is 12.1 Å². The zero-order valence-electron chi connectivity index (χ0n) is 10.6. The van der Waals surface area contributed by atoms with E-state index in [0.717, 1.165) is 11.1 Å². The van der Waals surface area contributed by atoms with Crippen molar-refractivity contribution in [3.05, 3.63) is 75.3 Å². The van der Waals surface area contributed by atoms with Crippen molar-refractivity contribution in [2.45, 2.75) is 12.8 Å². The molecule has 0 unspecified atom stereocenters. The Kier molecular flexibility index (Phi) is 3.80. The van der Waals surface area contributed by atoms with E-state index in [1.807, 2.05) is 43.3 Å². The van der Waals surface area contributed by atoms with Crippen molar-refractivity contribution in [3.63, 3.8) is 0 Å². The smallest absolute Gasteiger partial charge is 0.214 e. The number of aryl methyl sites for hydroxylation is 1. The molecule has 0 fully saturated rings. The SMILES string of the molecule is Cc1cccc(O)c1[C@@H](C[N+](=O)[O-])c1ccccc1. The molecule has 1 N–H and O–H groups in total. The number of hydrogen-bond acceptors (Lipinski definition) is 3. The van der Waals surface area contributed by atoms with Crippen LogP contribution in [0, 0.1) is 17.0 Å². The molecule has 2 aromatic rings. The van der Waals surface area contributed by atoms with Crippen LogP contribution < -0.4 is 0 Å². The van der Waals surface area contributed by atoms with Gasteiger partial charge in [0.15, 0.2) is 0 Å². The van der Waals surface area contributed by atoms with Gasteiger partial charge in [-0.3, -0.25) is 10.1 Å². The minimum atomic E-state index is -0.433. The van der Waals surface area contributed by atoms with Crippen LogP contribution in [0.4, 0.5) is 0 Å². The average molecular weight is 257 g/mol. The van der Waals surface area contributed by atoms with E-state index in [1.165, 1.54) is 0 Å². The standard InChI is InChI=1S/C15H15NO3/c1-11-6-5-9-14(17)15(11)13(10-16(18)19)12-7-3-2-4-8-12/h2-9,13,17H,10H2,1H3/t13-/m0/s1. The van der Waals surface area contributed by atoms with Crippen LogP contribution in [0.3, 0.4) is 0 Å². The topological polar surface area (TPSA) is 63.4 Å². The lowest BCUT2D eigenvalue weighted by Gasteiger charge is -2.17. The van der Waals surface area contributed by atoms with Crippen LogP contribution in [0.2, 0.25) is 0 Å². The number of benzene rings is 2. The van der Waals surface area contributed by atoms with Crippen molar-refractivity contribution >= 4 is 0 Å². The van der Waals surface area contributed by atoms with Gasteiger partial charge in [-0.05, 0) is 24.1 Å². The van der Waals surface area contributed by atoms with E-state index in [0.29, 0.717) is 5.56 Å². The van der Waals surface area contributed by atoms with E-state index >= 15 is 0 Å². The highest BCUT2D eigenvalue weighted by atomic mass is 16.6. The molecular weight excluding hydrogens is 242 g/mol. The van der Waals surface area contributed by atoms with Crippen molar-refractivity contribution < 1.29 is 10.0 Å². The fourth-order valence-corrected chi connectivity index (χ4v) is 2.32. The molecule has 0 bridgehead atoms. The molecule has 2 rings (SSSR count). The number of aromatic hydroxyl groups is 1. The quantitative estimate of drug-likeness (QED) is 0.676. The zero-order valence-corrected chi connectivity index (χ0v) is 10.6. The van der Waals surface area contributed by atoms with E-state index in [2.05, 4.69) is 0 Å². The number of phenolic OH excluding ortho intramolecular Hbond substituents is 1. The molecular formula is C15H15NO3. The minimum Gasteiger partial charge on any atom is -0.508 e. The van der Waals surface area contributed by atoms with Gasteiger partial charge < -0.3 is 5.11 Å². The predicted octanol–water partition coefficient (Wildman–Crippen LogP) is 3.11. The highest BCUT2D eigenvalue weighted by Gasteiger charge is 2.24. The maximum atomic E-state index is 10.9. The molecule has 0 aliphatic carbocycles. The number of phenols is 1. The predicted molar refractivity (Wildman–Crippen MR) is 73.0 cm³/mol. The van der Waals surface area contributed by atoms with E-state index in [4.69, 9.17) is 0 Å². The monoisotopic (exact) mass is 257 g/mol. The Morgan fingerprint density at radius 2 is 1.84 bits per heavy atom. The molecule has 4 heteroatoms. The van der Waals surface area contributed by atoms with Crippen LogP contribution in [0.5, 0.6) is 5.75 Å². The Morgan fingerprint density at radius 1 is 1.16 bits per heavy atom. The first-order valence-electron chi connectivity index (χ1n) is 6.05. The Balaban J connectivity index is 2.52. The van der Waals surface area contributed by atoms with Crippen LogP contribution in [-0.2, 0) is 0 Å². The van der Waals surface area contributed by atoms with Crippen molar-refractivity contribution in [2.75, 3.05) is 6.54 Å². The van der Waals surface area contributed by atoms with Crippen LogP contribution in [0.25, 0.3) is 0 Å². The second-order valence-electron chi connectivity index (χ2n) is 4.49. The van der Waals surface area contributed by atoms with E-state index < -0.39 is 5.92 Å².